The van der Waals surface area contributed by atoms with Crippen LogP contribution in [0.25, 0.3) is 6.08 Å². The van der Waals surface area contributed by atoms with Gasteiger partial charge >= 0.3 is 0 Å². The van der Waals surface area contributed by atoms with E-state index in [1.165, 1.54) is 42.5 Å². The number of unbranched alkanes of at least 4 members (excludes halogenated alkanes) is 2. The van der Waals surface area contributed by atoms with Crippen molar-refractivity contribution in [2.24, 2.45) is 22.9 Å². The summed E-state index contributed by atoms with van der Waals surface area (Å²) in [5.41, 5.74) is 2.36. The number of ether oxygens (including phenoxy) is 3. The van der Waals surface area contributed by atoms with E-state index in [1.54, 1.807) is 65.6 Å². The number of benzene rings is 4. The number of non-ortho nitro benzene ring substituents is 2. The molecule has 0 aromatic heterocycles. The maximum absolute atomic E-state index is 15.1. The molecule has 0 saturated heterocycles. The smallest absolute Gasteiger partial charge is 0.273 e. The van der Waals surface area contributed by atoms with Gasteiger partial charge in [-0.05, 0) is 130 Å². The largest absolute Gasteiger partial charge is 0.459 e. The molecule has 16 heteroatoms. The van der Waals surface area contributed by atoms with Crippen LogP contribution in [-0.2, 0) is 20.9 Å². The minimum atomic E-state index is -1.64. The molecule has 4 aromatic rings. The Bertz CT molecular complexity index is 2580. The van der Waals surface area contributed by atoms with Gasteiger partial charge in [0.05, 0.1) is 34.1 Å². The highest BCUT2D eigenvalue weighted by atomic mass is 19.1. The van der Waals surface area contributed by atoms with E-state index in [-0.39, 0.29) is 61.7 Å². The number of hydrogen-bond acceptors (Lipinski definition) is 12. The zero-order chi connectivity index (χ0) is 49.3. The molecule has 0 radical (unpaired) electrons. The summed E-state index contributed by atoms with van der Waals surface area (Å²) in [5, 5.41) is 48.0. The van der Waals surface area contributed by atoms with Crippen LogP contribution in [0.5, 0.6) is 17.2 Å². The molecule has 2 aliphatic carbocycles. The van der Waals surface area contributed by atoms with Gasteiger partial charge in [0.1, 0.15) is 34.7 Å². The van der Waals surface area contributed by atoms with Crippen molar-refractivity contribution in [2.75, 3.05) is 19.8 Å². The van der Waals surface area contributed by atoms with Gasteiger partial charge in [0.2, 0.25) is 11.7 Å². The van der Waals surface area contributed by atoms with E-state index >= 15 is 4.79 Å². The second kappa shape index (κ2) is 22.1. The zero-order valence-electron chi connectivity index (χ0n) is 39.1. The number of rotatable bonds is 21. The Labute approximate surface area is 400 Å². The summed E-state index contributed by atoms with van der Waals surface area (Å²) in [4.78, 5) is 45.2. The first-order chi connectivity index (χ1) is 33.1. The number of aliphatic hydroxyl groups is 2. The molecule has 364 valence electrons. The number of nitro groups is 2. The van der Waals surface area contributed by atoms with Gasteiger partial charge in [-0.3, -0.25) is 25.0 Å². The van der Waals surface area contributed by atoms with Crippen molar-refractivity contribution in [1.29, 1.82) is 0 Å². The normalized spacial score (nSPS) is 22.2. The molecule has 69 heavy (non-hydrogen) atoms. The lowest BCUT2D eigenvalue weighted by atomic mass is 9.55. The first-order valence-corrected chi connectivity index (χ1v) is 23.3. The van der Waals surface area contributed by atoms with E-state index in [1.807, 2.05) is 26.8 Å². The maximum atomic E-state index is 15.1. The van der Waals surface area contributed by atoms with Gasteiger partial charge in [-0.2, -0.15) is 0 Å². The Morgan fingerprint density at radius 3 is 2.29 bits per heavy atom. The first kappa shape index (κ1) is 50.1. The molecule has 6 atom stereocenters. The van der Waals surface area contributed by atoms with Crippen LogP contribution in [0.1, 0.15) is 88.3 Å². The molecule has 1 heterocycles. The van der Waals surface area contributed by atoms with Gasteiger partial charge in [0.15, 0.2) is 0 Å². The molecule has 4 aromatic carbocycles. The SMILES string of the molecule is C=CCO[C@@]12Oc3ccc(Oc4cccc([N+](=O)[O-])c4)cc3[C@H]3[C@H](CCCCO)[C@@H](CCCCO)C=C(C(=NOC(C)(C)C)C[C@@H]1N(Cc1ccc(F)cc1)C(=O)C=Cc1ccc([N+](=O)[O-])cc1)[C@H]32. The summed E-state index contributed by atoms with van der Waals surface area (Å²) in [6, 6.07) is 22.1. The van der Waals surface area contributed by atoms with Crippen LogP contribution in [-0.4, -0.2) is 73.8 Å². The minimum Gasteiger partial charge on any atom is -0.459 e. The average Bonchev–Trinajstić information content (AvgIpc) is 3.33. The van der Waals surface area contributed by atoms with Gasteiger partial charge in [0.25, 0.3) is 11.4 Å². The Morgan fingerprint density at radius 2 is 1.62 bits per heavy atom. The third-order valence-corrected chi connectivity index (χ3v) is 12.8. The number of halogens is 1. The van der Waals surface area contributed by atoms with E-state index in [0.717, 1.165) is 24.0 Å². The summed E-state index contributed by atoms with van der Waals surface area (Å²) < 4.78 is 35.2. The molecule has 0 spiro atoms. The van der Waals surface area contributed by atoms with Crippen LogP contribution in [0.2, 0.25) is 0 Å². The van der Waals surface area contributed by atoms with Gasteiger partial charge in [-0.25, -0.2) is 4.39 Å². The summed E-state index contributed by atoms with van der Waals surface area (Å²) in [6.45, 7) is 9.68. The van der Waals surface area contributed by atoms with E-state index in [4.69, 9.17) is 24.2 Å². The van der Waals surface area contributed by atoms with Gasteiger partial charge < -0.3 is 34.2 Å². The number of oxime groups is 1. The van der Waals surface area contributed by atoms with Gasteiger partial charge in [-0.1, -0.05) is 48.3 Å². The number of carbonyl (C=O) groups excluding carboxylic acids is 1. The van der Waals surface area contributed by atoms with Crippen LogP contribution < -0.4 is 9.47 Å². The maximum Gasteiger partial charge on any atom is 0.273 e. The van der Waals surface area contributed by atoms with Gasteiger partial charge in [-0.15, -0.1) is 6.58 Å². The second-order valence-electron chi connectivity index (χ2n) is 18.6. The Kier molecular flexibility index (Phi) is 16.1. The molecule has 0 unspecified atom stereocenters. The van der Waals surface area contributed by atoms with E-state index < -0.39 is 50.8 Å². The highest BCUT2D eigenvalue weighted by molar-refractivity contribution is 6.03. The second-order valence-corrected chi connectivity index (χ2v) is 18.6. The minimum absolute atomic E-state index is 0.00123. The Balaban J connectivity index is 1.47. The van der Waals surface area contributed by atoms with Crippen LogP contribution in [0.4, 0.5) is 15.8 Å². The van der Waals surface area contributed by atoms with E-state index in [2.05, 4.69) is 12.7 Å². The number of fused-ring (bicyclic) bond motifs is 2. The number of nitro benzene ring substituents is 2. The predicted octanol–water partition coefficient (Wildman–Crippen LogP) is 10.6. The van der Waals surface area contributed by atoms with Crippen molar-refractivity contribution in [3.63, 3.8) is 0 Å². The van der Waals surface area contributed by atoms with Crippen LogP contribution in [0.15, 0.2) is 127 Å². The fourth-order valence-electron chi connectivity index (χ4n) is 9.80. The van der Waals surface area contributed by atoms with Gasteiger partial charge in [0, 0.05) is 61.9 Å². The van der Waals surface area contributed by atoms with Crippen molar-refractivity contribution in [3.05, 3.63) is 164 Å². The van der Waals surface area contributed by atoms with Crippen LogP contribution in [0.3, 0.4) is 0 Å². The Hall–Kier alpha value is -6.75. The molecular weight excluding hydrogens is 888 g/mol. The summed E-state index contributed by atoms with van der Waals surface area (Å²) in [5.74, 6) is -2.68. The molecule has 3 aliphatic rings. The number of aliphatic hydroxyl groups excluding tert-OH is 2. The van der Waals surface area contributed by atoms with Crippen molar-refractivity contribution < 1.29 is 48.3 Å². The molecule has 15 nitrogen and oxygen atoms in total. The van der Waals surface area contributed by atoms with E-state index in [0.29, 0.717) is 54.0 Å². The molecule has 1 amide bonds. The topological polar surface area (TPSA) is 196 Å². The zero-order valence-corrected chi connectivity index (χ0v) is 39.1. The molecule has 1 aliphatic heterocycles. The van der Waals surface area contributed by atoms with Crippen LogP contribution >= 0.6 is 0 Å². The quantitative estimate of drug-likeness (QED) is 0.0265. The number of nitrogens with zero attached hydrogens (tertiary/aromatic N) is 4. The predicted molar refractivity (Wildman–Crippen MR) is 258 cm³/mol. The van der Waals surface area contributed by atoms with Crippen molar-refractivity contribution >= 4 is 29.1 Å². The number of hydrogen-bond donors (Lipinski definition) is 2. The van der Waals surface area contributed by atoms with Crippen molar-refractivity contribution in [1.82, 2.24) is 4.90 Å². The van der Waals surface area contributed by atoms with E-state index in [9.17, 15) is 34.8 Å². The lowest BCUT2D eigenvalue weighted by Gasteiger charge is -2.60. The molecule has 1 fully saturated rings. The summed E-state index contributed by atoms with van der Waals surface area (Å²) in [6.07, 6.45) is 10.9. The molecule has 1 saturated carbocycles. The number of allylic oxidation sites excluding steroid dienone is 1. The summed E-state index contributed by atoms with van der Waals surface area (Å²) >= 11 is 0. The molecule has 7 rings (SSSR count). The third-order valence-electron chi connectivity index (χ3n) is 12.8. The van der Waals surface area contributed by atoms with Crippen LogP contribution in [0, 0.1) is 43.8 Å². The third kappa shape index (κ3) is 11.8. The standard InChI is InChI=1S/C53H59FN4O11/c1-5-29-66-53-48(56(34-36-15-20-38(54)21-16-36)49(61)26-19-35-17-22-39(23-18-35)57(62)63)33-46(55-69-52(2,3)4)44-30-37(11-6-8-27-59)43(14-7-9-28-60)50(51(44)53)45-32-42(24-25-47(45)68-53)67-41-13-10-12-40(31-41)58(64)65/h5,10,12-13,15-26,30-32,37,43,48,50-51,59-60H,1,6-9,11,14,27-29,33-34H2,2-4H3/t37-,43+,48-,50+,51+,53+/m0/s1. The average molecular weight is 947 g/mol. The first-order valence-electron chi connectivity index (χ1n) is 23.3. The monoisotopic (exact) mass is 946 g/mol. The number of carbonyl (C=O) groups is 1. The highest BCUT2D eigenvalue weighted by Crippen LogP contribution is 2.62. The lowest BCUT2D eigenvalue weighted by Crippen LogP contribution is -2.70. The Morgan fingerprint density at radius 1 is 0.928 bits per heavy atom. The molecule has 2 N–H and O–H groups in total. The fourth-order valence-corrected chi connectivity index (χ4v) is 9.80. The van der Waals surface area contributed by atoms with Crippen molar-refractivity contribution in [2.45, 2.75) is 95.6 Å². The van der Waals surface area contributed by atoms with Crippen molar-refractivity contribution in [3.8, 4) is 17.2 Å². The lowest BCUT2D eigenvalue weighted by molar-refractivity contribution is -0.385. The summed E-state index contributed by atoms with van der Waals surface area (Å²) in [7, 11) is 0. The molecular formula is C53H59FN4O11. The molecule has 0 bridgehead atoms. The number of amides is 1. The highest BCUT2D eigenvalue weighted by Gasteiger charge is 2.65. The fraction of sp³-hybridized carbons (Fsp3) is 0.396.